The second kappa shape index (κ2) is 7.61. The van der Waals surface area contributed by atoms with Gasteiger partial charge in [0, 0.05) is 31.6 Å². The quantitative estimate of drug-likeness (QED) is 0.744. The van der Waals surface area contributed by atoms with Crippen LogP contribution in [0.4, 0.5) is 0 Å². The van der Waals surface area contributed by atoms with Crippen LogP contribution < -0.4 is 0 Å². The molecule has 0 bridgehead atoms. The van der Waals surface area contributed by atoms with Crippen LogP contribution in [0.5, 0.6) is 0 Å². The molecule has 0 radical (unpaired) electrons. The molecule has 0 atom stereocenters. The maximum absolute atomic E-state index is 12.8. The molecule has 138 valence electrons. The minimum Gasteiger partial charge on any atom is -0.285 e. The number of benzene rings is 1. The van der Waals surface area contributed by atoms with E-state index in [0.29, 0.717) is 11.7 Å². The molecule has 0 saturated carbocycles. The molecular weight excluding hydrogens is 350 g/mol. The van der Waals surface area contributed by atoms with Gasteiger partial charge in [0.2, 0.25) is 17.7 Å². The van der Waals surface area contributed by atoms with Gasteiger partial charge in [0.05, 0.1) is 12.1 Å². The molecule has 1 aromatic carbocycles. The van der Waals surface area contributed by atoms with Gasteiger partial charge in [-0.3, -0.25) is 29.2 Å². The highest BCUT2D eigenvalue weighted by molar-refractivity contribution is 8.14. The zero-order valence-electron chi connectivity index (χ0n) is 15.1. The molecule has 1 aromatic rings. The van der Waals surface area contributed by atoms with Crippen molar-refractivity contribution in [2.24, 2.45) is 4.99 Å². The smallest absolute Gasteiger partial charge is 0.230 e. The Kier molecular flexibility index (Phi) is 5.46. The number of thioether (sulfide) groups is 1. The average molecular weight is 373 g/mol. The lowest BCUT2D eigenvalue weighted by atomic mass is 10.1. The van der Waals surface area contributed by atoms with Crippen LogP contribution in [-0.2, 0) is 20.9 Å². The zero-order valence-corrected chi connectivity index (χ0v) is 15.9. The van der Waals surface area contributed by atoms with Crippen molar-refractivity contribution in [3.05, 3.63) is 35.9 Å². The van der Waals surface area contributed by atoms with Gasteiger partial charge < -0.3 is 0 Å². The summed E-state index contributed by atoms with van der Waals surface area (Å²) in [5, 5.41) is 0.711. The number of likely N-dealkylation sites (tertiary alicyclic amines) is 1. The lowest BCUT2D eigenvalue weighted by Crippen LogP contribution is -2.47. The fourth-order valence-electron chi connectivity index (χ4n) is 3.12. The third-order valence-electron chi connectivity index (χ3n) is 4.54. The predicted octanol–water partition coefficient (Wildman–Crippen LogP) is 2.44. The summed E-state index contributed by atoms with van der Waals surface area (Å²) in [7, 11) is 0. The molecule has 0 spiro atoms. The molecule has 0 aromatic heterocycles. The third-order valence-corrected chi connectivity index (χ3v) is 5.96. The molecule has 6 nitrogen and oxygen atoms in total. The molecule has 0 aliphatic carbocycles. The van der Waals surface area contributed by atoms with Crippen molar-refractivity contribution in [3.63, 3.8) is 0 Å². The van der Waals surface area contributed by atoms with Crippen LogP contribution in [0.1, 0.15) is 38.7 Å². The number of carbonyl (C=O) groups excluding carboxylic acids is 3. The summed E-state index contributed by atoms with van der Waals surface area (Å²) in [6.45, 7) is 4.69. The van der Waals surface area contributed by atoms with Crippen molar-refractivity contribution in [2.75, 3.05) is 12.3 Å². The Morgan fingerprint density at radius 1 is 1.15 bits per heavy atom. The number of amides is 3. The number of hydrogen-bond acceptors (Lipinski definition) is 5. The summed E-state index contributed by atoms with van der Waals surface area (Å²) in [5.74, 6) is 0.305. The van der Waals surface area contributed by atoms with Crippen LogP contribution in [0.2, 0.25) is 0 Å². The Hall–Kier alpha value is -2.15. The largest absolute Gasteiger partial charge is 0.285 e. The van der Waals surface area contributed by atoms with E-state index >= 15 is 0 Å². The first-order valence-electron chi connectivity index (χ1n) is 8.76. The SMILES string of the molecule is CC1(C)CSC(=NCc2ccccc2)N1C(=O)CCN1C(=O)CCC1=O. The van der Waals surface area contributed by atoms with Crippen molar-refractivity contribution < 1.29 is 14.4 Å². The highest BCUT2D eigenvalue weighted by atomic mass is 32.2. The van der Waals surface area contributed by atoms with Crippen molar-refractivity contribution in [2.45, 2.75) is 45.2 Å². The van der Waals surface area contributed by atoms with E-state index in [2.05, 4.69) is 4.99 Å². The number of imide groups is 1. The molecule has 2 fully saturated rings. The normalized spacial score (nSPS) is 21.1. The number of nitrogens with zero attached hydrogens (tertiary/aromatic N) is 3. The van der Waals surface area contributed by atoms with Gasteiger partial charge in [-0.1, -0.05) is 42.1 Å². The van der Waals surface area contributed by atoms with Crippen molar-refractivity contribution in [1.29, 1.82) is 0 Å². The Morgan fingerprint density at radius 3 is 2.46 bits per heavy atom. The van der Waals surface area contributed by atoms with E-state index in [1.54, 1.807) is 16.7 Å². The minimum absolute atomic E-state index is 0.0979. The molecule has 3 rings (SSSR count). The lowest BCUT2D eigenvalue weighted by molar-refractivity contribution is -0.139. The predicted molar refractivity (Wildman–Crippen MR) is 102 cm³/mol. The molecular formula is C19H23N3O3S. The summed E-state index contributed by atoms with van der Waals surface area (Å²) in [6.07, 6.45) is 0.634. The van der Waals surface area contributed by atoms with Crippen molar-refractivity contribution in [1.82, 2.24) is 9.80 Å². The maximum Gasteiger partial charge on any atom is 0.230 e. The van der Waals surface area contributed by atoms with E-state index < -0.39 is 0 Å². The first-order chi connectivity index (χ1) is 12.4. The number of rotatable bonds is 5. The van der Waals surface area contributed by atoms with Gasteiger partial charge in [0.25, 0.3) is 0 Å². The standard InChI is InChI=1S/C19H23N3O3S/c1-19(2)13-26-18(20-12-14-6-4-3-5-7-14)22(19)17(25)10-11-21-15(23)8-9-16(21)24/h3-7H,8-13H2,1-2H3. The average Bonchev–Trinajstić information content (AvgIpc) is 3.10. The molecule has 26 heavy (non-hydrogen) atoms. The third kappa shape index (κ3) is 3.98. The van der Waals surface area contributed by atoms with E-state index in [4.69, 9.17) is 0 Å². The number of amidine groups is 1. The van der Waals surface area contributed by atoms with Gasteiger partial charge in [-0.2, -0.15) is 0 Å². The summed E-state index contributed by atoms with van der Waals surface area (Å²) >= 11 is 1.57. The van der Waals surface area contributed by atoms with Crippen molar-refractivity contribution in [3.8, 4) is 0 Å². The number of hydrogen-bond donors (Lipinski definition) is 0. The second-order valence-electron chi connectivity index (χ2n) is 7.10. The van der Waals surface area contributed by atoms with E-state index in [-0.39, 0.29) is 49.1 Å². The topological polar surface area (TPSA) is 70.1 Å². The molecule has 0 unspecified atom stereocenters. The first kappa shape index (κ1) is 18.6. The van der Waals surface area contributed by atoms with Crippen LogP contribution >= 0.6 is 11.8 Å². The molecule has 2 aliphatic rings. The van der Waals surface area contributed by atoms with Crippen LogP contribution in [0.15, 0.2) is 35.3 Å². The van der Waals surface area contributed by atoms with Gasteiger partial charge in [-0.05, 0) is 19.4 Å². The van der Waals surface area contributed by atoms with Crippen LogP contribution in [0.3, 0.4) is 0 Å². The summed E-state index contributed by atoms with van der Waals surface area (Å²) in [6, 6.07) is 9.90. The van der Waals surface area contributed by atoms with E-state index in [1.165, 1.54) is 4.90 Å². The van der Waals surface area contributed by atoms with Gasteiger partial charge in [-0.15, -0.1) is 0 Å². The Morgan fingerprint density at radius 2 is 1.81 bits per heavy atom. The zero-order chi connectivity index (χ0) is 18.7. The lowest BCUT2D eigenvalue weighted by Gasteiger charge is -2.31. The molecule has 2 heterocycles. The van der Waals surface area contributed by atoms with Gasteiger partial charge in [0.1, 0.15) is 0 Å². The first-order valence-corrected chi connectivity index (χ1v) is 9.74. The maximum atomic E-state index is 12.8. The number of carbonyl (C=O) groups is 3. The molecule has 7 heteroatoms. The summed E-state index contributed by atoms with van der Waals surface area (Å²) in [5.41, 5.74) is 0.752. The van der Waals surface area contributed by atoms with Crippen LogP contribution in [0.25, 0.3) is 0 Å². The Bertz CT molecular complexity index is 730. The highest BCUT2D eigenvalue weighted by Crippen LogP contribution is 2.33. The van der Waals surface area contributed by atoms with Crippen LogP contribution in [0, 0.1) is 0 Å². The Balaban J connectivity index is 1.68. The van der Waals surface area contributed by atoms with Gasteiger partial charge in [0.15, 0.2) is 5.17 Å². The Labute approximate surface area is 157 Å². The minimum atomic E-state index is -0.337. The van der Waals surface area contributed by atoms with Crippen molar-refractivity contribution >= 4 is 34.7 Å². The molecule has 2 saturated heterocycles. The number of aliphatic imine (C=N–C) groups is 1. The highest BCUT2D eigenvalue weighted by Gasteiger charge is 2.41. The fourth-order valence-corrected chi connectivity index (χ4v) is 4.37. The monoisotopic (exact) mass is 373 g/mol. The molecule has 0 N–H and O–H groups in total. The molecule has 2 aliphatic heterocycles. The van der Waals surface area contributed by atoms with Crippen LogP contribution in [-0.4, -0.2) is 50.5 Å². The van der Waals surface area contributed by atoms with Gasteiger partial charge in [-0.25, -0.2) is 0 Å². The molecule has 3 amide bonds. The summed E-state index contributed by atoms with van der Waals surface area (Å²) in [4.78, 5) is 43.8. The second-order valence-corrected chi connectivity index (χ2v) is 8.05. The fraction of sp³-hybridized carbons (Fsp3) is 0.474. The summed E-state index contributed by atoms with van der Waals surface area (Å²) < 4.78 is 0. The van der Waals surface area contributed by atoms with E-state index in [1.807, 2.05) is 44.2 Å². The van der Waals surface area contributed by atoms with E-state index in [0.717, 1.165) is 11.3 Å². The van der Waals surface area contributed by atoms with E-state index in [9.17, 15) is 14.4 Å². The van der Waals surface area contributed by atoms with Gasteiger partial charge >= 0.3 is 0 Å².